The van der Waals surface area contributed by atoms with E-state index in [4.69, 9.17) is 4.74 Å². The highest BCUT2D eigenvalue weighted by Crippen LogP contribution is 2.18. The summed E-state index contributed by atoms with van der Waals surface area (Å²) in [6.45, 7) is 6.42. The van der Waals surface area contributed by atoms with Gasteiger partial charge >= 0.3 is 0 Å². The lowest BCUT2D eigenvalue weighted by Crippen LogP contribution is -2.21. The molecule has 1 rings (SSSR count). The van der Waals surface area contributed by atoms with Gasteiger partial charge in [-0.2, -0.15) is 0 Å². The number of benzene rings is 1. The Bertz CT molecular complexity index is 328. The largest absolute Gasteiger partial charge is 0.496 e. The molecule has 0 aliphatic rings. The molecule has 0 saturated carbocycles. The Kier molecular flexibility index (Phi) is 7.46. The summed E-state index contributed by atoms with van der Waals surface area (Å²) in [7, 11) is 3.90. The number of rotatable bonds is 9. The van der Waals surface area contributed by atoms with E-state index in [-0.39, 0.29) is 0 Å². The molecule has 1 N–H and O–H groups in total. The molecule has 0 bridgehead atoms. The van der Waals surface area contributed by atoms with Crippen molar-refractivity contribution in [2.75, 3.05) is 33.8 Å². The Balaban J connectivity index is 2.28. The normalized spacial score (nSPS) is 10.9. The van der Waals surface area contributed by atoms with Gasteiger partial charge in [0.05, 0.1) is 7.11 Å². The summed E-state index contributed by atoms with van der Waals surface area (Å²) in [5.41, 5.74) is 1.26. The van der Waals surface area contributed by atoms with E-state index >= 15 is 0 Å². The number of unbranched alkanes of at least 4 members (excludes halogenated alkanes) is 1. The van der Waals surface area contributed by atoms with E-state index in [0.717, 1.165) is 31.9 Å². The molecule has 0 amide bonds. The van der Waals surface area contributed by atoms with Crippen LogP contribution in [0.2, 0.25) is 0 Å². The van der Waals surface area contributed by atoms with Crippen LogP contribution in [0.25, 0.3) is 0 Å². The quantitative estimate of drug-likeness (QED) is 0.682. The molecule has 18 heavy (non-hydrogen) atoms. The van der Waals surface area contributed by atoms with Crippen LogP contribution in [0.15, 0.2) is 24.3 Å². The molecule has 0 atom stereocenters. The summed E-state index contributed by atoms with van der Waals surface area (Å²) in [6, 6.07) is 8.23. The molecule has 1 aromatic rings. The van der Waals surface area contributed by atoms with Crippen molar-refractivity contribution in [3.8, 4) is 5.75 Å². The number of hydrogen-bond acceptors (Lipinski definition) is 3. The number of nitrogens with one attached hydrogen (secondary N) is 1. The van der Waals surface area contributed by atoms with Gasteiger partial charge < -0.3 is 15.0 Å². The van der Waals surface area contributed by atoms with Crippen LogP contribution in [-0.2, 0) is 6.54 Å². The van der Waals surface area contributed by atoms with Crippen LogP contribution in [0.3, 0.4) is 0 Å². The molecule has 3 nitrogen and oxygen atoms in total. The molecular weight excluding hydrogens is 224 g/mol. The van der Waals surface area contributed by atoms with Gasteiger partial charge in [-0.3, -0.25) is 0 Å². The van der Waals surface area contributed by atoms with Crippen molar-refractivity contribution >= 4 is 0 Å². The van der Waals surface area contributed by atoms with Crippen molar-refractivity contribution in [1.82, 2.24) is 10.2 Å². The fourth-order valence-electron chi connectivity index (χ4n) is 2.01. The lowest BCUT2D eigenvalue weighted by atomic mass is 10.2. The summed E-state index contributed by atoms with van der Waals surface area (Å²) in [5.74, 6) is 0.983. The third kappa shape index (κ3) is 5.52. The Morgan fingerprint density at radius 1 is 1.22 bits per heavy atom. The van der Waals surface area contributed by atoms with Crippen LogP contribution in [0, 0.1) is 0 Å². The fraction of sp³-hybridized carbons (Fsp3) is 0.600. The average molecular weight is 250 g/mol. The maximum atomic E-state index is 5.37. The molecular formula is C15H26N2O. The molecule has 0 heterocycles. The topological polar surface area (TPSA) is 24.5 Å². The second-order valence-corrected chi connectivity index (χ2v) is 4.61. The van der Waals surface area contributed by atoms with Gasteiger partial charge in [0.2, 0.25) is 0 Å². The highest BCUT2D eigenvalue weighted by atomic mass is 16.5. The number of hydrogen-bond donors (Lipinski definition) is 1. The standard InChI is InChI=1S/C15H26N2O/c1-4-16-11-7-8-12-17(2)13-14-9-5-6-10-15(14)18-3/h5-6,9-10,16H,4,7-8,11-13H2,1-3H3. The summed E-state index contributed by atoms with van der Waals surface area (Å²) >= 11 is 0. The van der Waals surface area contributed by atoms with Crippen LogP contribution < -0.4 is 10.1 Å². The lowest BCUT2D eigenvalue weighted by Gasteiger charge is -2.18. The minimum Gasteiger partial charge on any atom is -0.496 e. The molecule has 0 fully saturated rings. The van der Waals surface area contributed by atoms with Gasteiger partial charge in [0, 0.05) is 12.1 Å². The van der Waals surface area contributed by atoms with Crippen molar-refractivity contribution in [3.05, 3.63) is 29.8 Å². The average Bonchev–Trinajstić information content (AvgIpc) is 2.39. The summed E-state index contributed by atoms with van der Waals surface area (Å²) in [4.78, 5) is 2.35. The number of para-hydroxylation sites is 1. The number of ether oxygens (including phenoxy) is 1. The van der Waals surface area contributed by atoms with Gasteiger partial charge in [-0.05, 0) is 45.6 Å². The summed E-state index contributed by atoms with van der Waals surface area (Å²) in [6.07, 6.45) is 2.47. The van der Waals surface area contributed by atoms with Gasteiger partial charge in [0.15, 0.2) is 0 Å². The number of methoxy groups -OCH3 is 1. The smallest absolute Gasteiger partial charge is 0.123 e. The zero-order valence-corrected chi connectivity index (χ0v) is 11.9. The predicted molar refractivity (Wildman–Crippen MR) is 77.1 cm³/mol. The summed E-state index contributed by atoms with van der Waals surface area (Å²) in [5, 5.41) is 3.35. The SMILES string of the molecule is CCNCCCCN(C)Cc1ccccc1OC. The van der Waals surface area contributed by atoms with Gasteiger partial charge in [0.25, 0.3) is 0 Å². The fourth-order valence-corrected chi connectivity index (χ4v) is 2.01. The van der Waals surface area contributed by atoms with E-state index in [2.05, 4.69) is 36.3 Å². The lowest BCUT2D eigenvalue weighted by molar-refractivity contribution is 0.309. The molecule has 1 aromatic carbocycles. The Morgan fingerprint density at radius 3 is 2.72 bits per heavy atom. The first-order chi connectivity index (χ1) is 8.77. The zero-order chi connectivity index (χ0) is 13.2. The molecule has 0 aliphatic carbocycles. The van der Waals surface area contributed by atoms with Crippen molar-refractivity contribution in [1.29, 1.82) is 0 Å². The highest BCUT2D eigenvalue weighted by Gasteiger charge is 2.05. The molecule has 0 saturated heterocycles. The van der Waals surface area contributed by atoms with Crippen LogP contribution in [0.1, 0.15) is 25.3 Å². The van der Waals surface area contributed by atoms with E-state index in [1.807, 2.05) is 12.1 Å². The monoisotopic (exact) mass is 250 g/mol. The van der Waals surface area contributed by atoms with Crippen molar-refractivity contribution in [3.63, 3.8) is 0 Å². The second kappa shape index (κ2) is 8.95. The van der Waals surface area contributed by atoms with Gasteiger partial charge in [-0.15, -0.1) is 0 Å². The van der Waals surface area contributed by atoms with E-state index in [1.165, 1.54) is 18.4 Å². The first kappa shape index (κ1) is 15.0. The molecule has 3 heteroatoms. The minimum atomic E-state index is 0.950. The van der Waals surface area contributed by atoms with E-state index in [9.17, 15) is 0 Å². The van der Waals surface area contributed by atoms with Crippen LogP contribution in [0.5, 0.6) is 5.75 Å². The van der Waals surface area contributed by atoms with E-state index in [1.54, 1.807) is 7.11 Å². The van der Waals surface area contributed by atoms with E-state index in [0.29, 0.717) is 0 Å². The van der Waals surface area contributed by atoms with Crippen molar-refractivity contribution in [2.24, 2.45) is 0 Å². The van der Waals surface area contributed by atoms with Crippen LogP contribution in [0.4, 0.5) is 0 Å². The van der Waals surface area contributed by atoms with E-state index < -0.39 is 0 Å². The Hall–Kier alpha value is -1.06. The highest BCUT2D eigenvalue weighted by molar-refractivity contribution is 5.32. The van der Waals surface area contributed by atoms with Gasteiger partial charge in [0.1, 0.15) is 5.75 Å². The summed E-state index contributed by atoms with van der Waals surface area (Å²) < 4.78 is 5.37. The molecule has 0 spiro atoms. The molecule has 0 aromatic heterocycles. The number of nitrogens with zero attached hydrogens (tertiary/aromatic N) is 1. The predicted octanol–water partition coefficient (Wildman–Crippen LogP) is 2.52. The second-order valence-electron chi connectivity index (χ2n) is 4.61. The minimum absolute atomic E-state index is 0.950. The van der Waals surface area contributed by atoms with Crippen molar-refractivity contribution in [2.45, 2.75) is 26.3 Å². The van der Waals surface area contributed by atoms with Crippen molar-refractivity contribution < 1.29 is 4.74 Å². The van der Waals surface area contributed by atoms with Gasteiger partial charge in [-0.1, -0.05) is 25.1 Å². The Morgan fingerprint density at radius 2 is 2.00 bits per heavy atom. The third-order valence-electron chi connectivity index (χ3n) is 3.03. The van der Waals surface area contributed by atoms with Gasteiger partial charge in [-0.25, -0.2) is 0 Å². The van der Waals surface area contributed by atoms with Crippen LogP contribution in [-0.4, -0.2) is 38.7 Å². The zero-order valence-electron chi connectivity index (χ0n) is 11.9. The first-order valence-corrected chi connectivity index (χ1v) is 6.79. The first-order valence-electron chi connectivity index (χ1n) is 6.79. The maximum absolute atomic E-state index is 5.37. The molecule has 0 aliphatic heterocycles. The van der Waals surface area contributed by atoms with Crippen LogP contribution >= 0.6 is 0 Å². The third-order valence-corrected chi connectivity index (χ3v) is 3.03. The molecule has 0 unspecified atom stereocenters. The molecule has 0 radical (unpaired) electrons. The molecule has 102 valence electrons. The Labute approximate surface area is 111 Å². The maximum Gasteiger partial charge on any atom is 0.123 e.